The van der Waals surface area contributed by atoms with Crippen LogP contribution in [0.2, 0.25) is 0 Å². The maximum atomic E-state index is 4.39. The molecule has 1 aromatic rings. The highest BCUT2D eigenvalue weighted by atomic mass is 15.3. The first-order chi connectivity index (χ1) is 7.79. The molecule has 2 rings (SSSR count). The van der Waals surface area contributed by atoms with Crippen molar-refractivity contribution in [3.8, 4) is 0 Å². The summed E-state index contributed by atoms with van der Waals surface area (Å²) in [4.78, 5) is 2.51. The second-order valence-electron chi connectivity index (χ2n) is 4.88. The first kappa shape index (κ1) is 11.6. The van der Waals surface area contributed by atoms with Gasteiger partial charge in [0.2, 0.25) is 0 Å². The zero-order valence-electron chi connectivity index (χ0n) is 10.5. The molecule has 0 aliphatic carbocycles. The second-order valence-corrected chi connectivity index (χ2v) is 4.88. The van der Waals surface area contributed by atoms with Gasteiger partial charge in [-0.2, -0.15) is 5.10 Å². The van der Waals surface area contributed by atoms with E-state index >= 15 is 0 Å². The maximum Gasteiger partial charge on any atom is 0.0521 e. The molecule has 0 spiro atoms. The van der Waals surface area contributed by atoms with Crippen molar-refractivity contribution in [2.24, 2.45) is 0 Å². The summed E-state index contributed by atoms with van der Waals surface area (Å²) in [6, 6.07) is 0.767. The number of nitrogens with zero attached hydrogens (tertiary/aromatic N) is 3. The van der Waals surface area contributed by atoms with Crippen LogP contribution in [0.4, 0.5) is 0 Å². The Hall–Kier alpha value is -0.830. The Labute approximate surface area is 98.4 Å². The topological polar surface area (TPSA) is 21.1 Å². The summed E-state index contributed by atoms with van der Waals surface area (Å²) in [7, 11) is 2.25. The minimum absolute atomic E-state index is 0.767. The van der Waals surface area contributed by atoms with E-state index in [1.807, 2.05) is 6.20 Å². The summed E-state index contributed by atoms with van der Waals surface area (Å²) >= 11 is 0. The lowest BCUT2D eigenvalue weighted by Gasteiger charge is -2.32. The van der Waals surface area contributed by atoms with Crippen LogP contribution in [0.5, 0.6) is 0 Å². The molecule has 1 aromatic heterocycles. The Morgan fingerprint density at radius 1 is 1.44 bits per heavy atom. The Morgan fingerprint density at radius 3 is 3.00 bits per heavy atom. The summed E-state index contributed by atoms with van der Waals surface area (Å²) in [5.41, 5.74) is 1.34. The second kappa shape index (κ2) is 5.48. The number of likely N-dealkylation sites (tertiary alicyclic amines) is 1. The Balaban J connectivity index is 1.81. The zero-order valence-corrected chi connectivity index (χ0v) is 10.5. The van der Waals surface area contributed by atoms with Gasteiger partial charge in [0, 0.05) is 18.8 Å². The molecule has 3 nitrogen and oxygen atoms in total. The average Bonchev–Trinajstić information content (AvgIpc) is 2.76. The van der Waals surface area contributed by atoms with Gasteiger partial charge in [-0.3, -0.25) is 4.68 Å². The van der Waals surface area contributed by atoms with E-state index in [4.69, 9.17) is 0 Å². The molecule has 2 heterocycles. The molecule has 3 heteroatoms. The lowest BCUT2D eigenvalue weighted by atomic mass is 10.0. The van der Waals surface area contributed by atoms with Crippen molar-refractivity contribution >= 4 is 0 Å². The number of piperidine rings is 1. The van der Waals surface area contributed by atoms with Gasteiger partial charge in [0.25, 0.3) is 0 Å². The van der Waals surface area contributed by atoms with Crippen LogP contribution in [0.3, 0.4) is 0 Å². The molecule has 0 bridgehead atoms. The molecule has 1 aliphatic heterocycles. The van der Waals surface area contributed by atoms with E-state index in [1.54, 1.807) is 0 Å². The molecule has 16 heavy (non-hydrogen) atoms. The van der Waals surface area contributed by atoms with E-state index in [1.165, 1.54) is 37.8 Å². The van der Waals surface area contributed by atoms with Gasteiger partial charge in [0.1, 0.15) is 0 Å². The molecule has 1 saturated heterocycles. The number of hydrogen-bond donors (Lipinski definition) is 0. The number of aryl methyl sites for hydroxylation is 2. The minimum atomic E-state index is 0.767. The van der Waals surface area contributed by atoms with Crippen molar-refractivity contribution in [3.05, 3.63) is 18.0 Å². The van der Waals surface area contributed by atoms with Gasteiger partial charge in [-0.05, 0) is 44.8 Å². The van der Waals surface area contributed by atoms with Crippen LogP contribution in [-0.4, -0.2) is 34.3 Å². The normalized spacial score (nSPS) is 22.5. The van der Waals surface area contributed by atoms with E-state index in [9.17, 15) is 0 Å². The third-order valence-electron chi connectivity index (χ3n) is 3.71. The highest BCUT2D eigenvalue weighted by molar-refractivity contribution is 5.02. The van der Waals surface area contributed by atoms with Crippen molar-refractivity contribution in [1.82, 2.24) is 14.7 Å². The summed E-state index contributed by atoms with van der Waals surface area (Å²) < 4.78 is 2.10. The van der Waals surface area contributed by atoms with Crippen LogP contribution < -0.4 is 0 Å². The standard InChI is InChI=1S/C13H23N3/c1-3-12-10-14-16(11-12)9-7-13-6-4-5-8-15(13)2/h10-11,13H,3-9H2,1-2H3/t13-/m1/s1. The average molecular weight is 221 g/mol. The van der Waals surface area contributed by atoms with E-state index < -0.39 is 0 Å². The lowest BCUT2D eigenvalue weighted by Crippen LogP contribution is -2.36. The van der Waals surface area contributed by atoms with Gasteiger partial charge in [0.05, 0.1) is 6.20 Å². The van der Waals surface area contributed by atoms with Gasteiger partial charge in [0.15, 0.2) is 0 Å². The van der Waals surface area contributed by atoms with Crippen molar-refractivity contribution < 1.29 is 0 Å². The van der Waals surface area contributed by atoms with Crippen LogP contribution >= 0.6 is 0 Å². The summed E-state index contributed by atoms with van der Waals surface area (Å²) in [6.07, 6.45) is 10.6. The number of hydrogen-bond acceptors (Lipinski definition) is 2. The van der Waals surface area contributed by atoms with E-state index in [2.05, 4.69) is 34.8 Å². The first-order valence-electron chi connectivity index (χ1n) is 6.51. The molecule has 1 fully saturated rings. The summed E-state index contributed by atoms with van der Waals surface area (Å²) in [6.45, 7) is 4.51. The number of aromatic nitrogens is 2. The highest BCUT2D eigenvalue weighted by Gasteiger charge is 2.18. The molecule has 1 aliphatic rings. The molecule has 0 amide bonds. The molecule has 1 atom stereocenters. The highest BCUT2D eigenvalue weighted by Crippen LogP contribution is 2.18. The molecule has 0 unspecified atom stereocenters. The number of rotatable bonds is 4. The molecular formula is C13H23N3. The summed E-state index contributed by atoms with van der Waals surface area (Å²) in [5, 5.41) is 4.39. The fourth-order valence-corrected chi connectivity index (χ4v) is 2.50. The maximum absolute atomic E-state index is 4.39. The molecule has 0 aromatic carbocycles. The van der Waals surface area contributed by atoms with Gasteiger partial charge in [-0.1, -0.05) is 13.3 Å². The van der Waals surface area contributed by atoms with Crippen LogP contribution in [0.25, 0.3) is 0 Å². The summed E-state index contributed by atoms with van der Waals surface area (Å²) in [5.74, 6) is 0. The predicted molar refractivity (Wildman–Crippen MR) is 66.5 cm³/mol. The van der Waals surface area contributed by atoms with Gasteiger partial charge < -0.3 is 4.90 Å². The Kier molecular flexibility index (Phi) is 3.99. The Morgan fingerprint density at radius 2 is 2.31 bits per heavy atom. The van der Waals surface area contributed by atoms with Gasteiger partial charge in [-0.25, -0.2) is 0 Å². The van der Waals surface area contributed by atoms with Crippen molar-refractivity contribution in [2.75, 3.05) is 13.6 Å². The van der Waals surface area contributed by atoms with Gasteiger partial charge in [-0.15, -0.1) is 0 Å². The zero-order chi connectivity index (χ0) is 11.4. The van der Waals surface area contributed by atoms with Crippen molar-refractivity contribution in [3.63, 3.8) is 0 Å². The smallest absolute Gasteiger partial charge is 0.0521 e. The van der Waals surface area contributed by atoms with Crippen molar-refractivity contribution in [2.45, 2.75) is 51.6 Å². The lowest BCUT2D eigenvalue weighted by molar-refractivity contribution is 0.169. The largest absolute Gasteiger partial charge is 0.303 e. The predicted octanol–water partition coefficient (Wildman–Crippen LogP) is 2.32. The van der Waals surface area contributed by atoms with E-state index in [0.717, 1.165) is 19.0 Å². The fourth-order valence-electron chi connectivity index (χ4n) is 2.50. The SMILES string of the molecule is CCc1cnn(CC[C@H]2CCCCN2C)c1. The Bertz CT molecular complexity index is 319. The van der Waals surface area contributed by atoms with Crippen LogP contribution in [0.1, 0.15) is 38.2 Å². The molecule has 0 N–H and O–H groups in total. The molecule has 0 radical (unpaired) electrons. The molecule has 90 valence electrons. The quantitative estimate of drug-likeness (QED) is 0.778. The first-order valence-corrected chi connectivity index (χ1v) is 6.51. The van der Waals surface area contributed by atoms with Crippen LogP contribution in [0.15, 0.2) is 12.4 Å². The third-order valence-corrected chi connectivity index (χ3v) is 3.71. The fraction of sp³-hybridized carbons (Fsp3) is 0.769. The molecular weight excluding hydrogens is 198 g/mol. The van der Waals surface area contributed by atoms with Crippen LogP contribution in [0, 0.1) is 0 Å². The monoisotopic (exact) mass is 221 g/mol. The van der Waals surface area contributed by atoms with Gasteiger partial charge >= 0.3 is 0 Å². The molecule has 0 saturated carbocycles. The minimum Gasteiger partial charge on any atom is -0.303 e. The van der Waals surface area contributed by atoms with E-state index in [-0.39, 0.29) is 0 Å². The van der Waals surface area contributed by atoms with E-state index in [0.29, 0.717) is 0 Å². The van der Waals surface area contributed by atoms with Crippen LogP contribution in [-0.2, 0) is 13.0 Å². The third kappa shape index (κ3) is 2.85. The van der Waals surface area contributed by atoms with Crippen molar-refractivity contribution in [1.29, 1.82) is 0 Å².